The summed E-state index contributed by atoms with van der Waals surface area (Å²) < 4.78 is 0. The van der Waals surface area contributed by atoms with E-state index in [0.29, 0.717) is 15.4 Å². The van der Waals surface area contributed by atoms with Gasteiger partial charge in [0.15, 0.2) is 0 Å². The zero-order valence-corrected chi connectivity index (χ0v) is 20.0. The van der Waals surface area contributed by atoms with Crippen LogP contribution in [0.3, 0.4) is 0 Å². The van der Waals surface area contributed by atoms with Crippen molar-refractivity contribution in [2.75, 3.05) is 0 Å². The fourth-order valence-electron chi connectivity index (χ4n) is 1.50. The van der Waals surface area contributed by atoms with E-state index in [1.807, 2.05) is 0 Å². The molecule has 0 aromatic rings. The van der Waals surface area contributed by atoms with Crippen LogP contribution in [0.4, 0.5) is 0 Å². The maximum atomic E-state index is 3.19. The molecule has 113 valence electrons. The Morgan fingerprint density at radius 3 is 1.10 bits per heavy atom. The molecule has 20 heavy (non-hydrogen) atoms. The van der Waals surface area contributed by atoms with Crippen LogP contribution in [0.5, 0.6) is 0 Å². The van der Waals surface area contributed by atoms with Crippen LogP contribution >= 0.6 is 24.8 Å². The van der Waals surface area contributed by atoms with Crippen molar-refractivity contribution >= 4 is 40.2 Å². The average Bonchev–Trinajstić information content (AvgIpc) is 2.78. The summed E-state index contributed by atoms with van der Waals surface area (Å²) in [7, 11) is 0. The summed E-state index contributed by atoms with van der Waals surface area (Å²) in [6, 6.07) is 0. The Morgan fingerprint density at radius 2 is 1.05 bits per heavy atom. The van der Waals surface area contributed by atoms with Gasteiger partial charge >= 0.3 is 53.1 Å². The predicted molar refractivity (Wildman–Crippen MR) is 95.0 cm³/mol. The van der Waals surface area contributed by atoms with Gasteiger partial charge in [-0.3, -0.25) is 12.2 Å². The number of hydrogen-bond acceptors (Lipinski definition) is 0. The summed E-state index contributed by atoms with van der Waals surface area (Å²) in [6.45, 7) is 8.42. The molecule has 0 aliphatic heterocycles. The van der Waals surface area contributed by atoms with E-state index in [1.54, 1.807) is 0 Å². The first-order chi connectivity index (χ1) is 7.99. The van der Waals surface area contributed by atoms with E-state index in [2.05, 4.69) is 63.5 Å². The van der Waals surface area contributed by atoms with Crippen molar-refractivity contribution in [1.82, 2.24) is 0 Å². The fourth-order valence-corrected chi connectivity index (χ4v) is 1.50. The van der Waals surface area contributed by atoms with Gasteiger partial charge in [-0.05, 0) is 0 Å². The van der Waals surface area contributed by atoms with Crippen LogP contribution in [0.15, 0.2) is 34.4 Å². The van der Waals surface area contributed by atoms with Crippen LogP contribution in [0.25, 0.3) is 0 Å². The molecule has 0 bridgehead atoms. The second-order valence-electron chi connectivity index (χ2n) is 4.63. The van der Waals surface area contributed by atoms with E-state index in [-0.39, 0.29) is 51.0 Å². The van der Waals surface area contributed by atoms with E-state index in [9.17, 15) is 0 Å². The molecular formula is C16H27Cl2GeZr. The Morgan fingerprint density at radius 1 is 0.800 bits per heavy atom. The number of allylic oxidation sites excluding steroid dienone is 8. The molecule has 1 radical (unpaired) electrons. The molecule has 2 aliphatic rings. The monoisotopic (exact) mass is 453 g/mol. The Bertz CT molecular complexity index is 321. The molecule has 0 saturated heterocycles. The van der Waals surface area contributed by atoms with Gasteiger partial charge in [0, 0.05) is 0 Å². The van der Waals surface area contributed by atoms with E-state index in [4.69, 9.17) is 0 Å². The molecule has 0 amide bonds. The third-order valence-corrected chi connectivity index (χ3v) is 2.22. The fraction of sp³-hybridized carbons (Fsp3) is 0.500. The topological polar surface area (TPSA) is 0 Å². The van der Waals surface area contributed by atoms with Crippen molar-refractivity contribution < 1.29 is 26.2 Å². The molecule has 0 spiro atoms. The molecule has 4 heteroatoms. The minimum Gasteiger partial charge on any atom is 2.00 e. The first kappa shape index (κ1) is 29.0. The van der Waals surface area contributed by atoms with Gasteiger partial charge in [-0.1, -0.05) is 27.7 Å². The minimum absolute atomic E-state index is 0. The summed E-state index contributed by atoms with van der Waals surface area (Å²) >= 11 is 0.312. The zero-order valence-electron chi connectivity index (χ0n) is 13.5. The van der Waals surface area contributed by atoms with Crippen molar-refractivity contribution in [2.45, 2.75) is 52.0 Å². The normalized spacial score (nSPS) is 14.3. The second kappa shape index (κ2) is 18.0. The van der Waals surface area contributed by atoms with Crippen molar-refractivity contribution in [3.05, 3.63) is 46.6 Å². The zero-order chi connectivity index (χ0) is 13.3. The first-order valence-corrected chi connectivity index (χ1v) is 11.1. The molecule has 0 N–H and O–H groups in total. The van der Waals surface area contributed by atoms with Crippen molar-refractivity contribution in [1.29, 1.82) is 0 Å². The van der Waals surface area contributed by atoms with Crippen LogP contribution in [-0.2, 0) is 26.2 Å². The standard InChI is InChI=1S/2C7H9.C2H7Ge.2ClH.Zr/c2*1-6-3-4-7(2)5-6;1-3-2;;;/h2*5H,3H2,1-2H3;3H,1-2H3;2*1H;/q2*-1;;;;+2. The molecule has 0 fully saturated rings. The van der Waals surface area contributed by atoms with Gasteiger partial charge in [0.2, 0.25) is 0 Å². The Hall–Kier alpha value is 0.966. The Balaban J connectivity index is -0.0000000956. The first-order valence-electron chi connectivity index (χ1n) is 6.22. The largest absolute Gasteiger partial charge is 2.00 e. The van der Waals surface area contributed by atoms with E-state index >= 15 is 0 Å². The Labute approximate surface area is 164 Å². The molecule has 2 rings (SSSR count). The number of halogens is 2. The molecule has 0 atom stereocenters. The smallest absolute Gasteiger partial charge is 2.00 e. The molecular weight excluding hydrogens is 427 g/mol. The van der Waals surface area contributed by atoms with Gasteiger partial charge in [0.05, 0.1) is 0 Å². The van der Waals surface area contributed by atoms with Gasteiger partial charge in [-0.25, -0.2) is 23.3 Å². The molecule has 0 aromatic carbocycles. The average molecular weight is 454 g/mol. The van der Waals surface area contributed by atoms with E-state index < -0.39 is 0 Å². The molecule has 2 aliphatic carbocycles. The summed E-state index contributed by atoms with van der Waals surface area (Å²) in [5.41, 5.74) is 5.44. The Kier molecular flexibility index (Phi) is 26.2. The summed E-state index contributed by atoms with van der Waals surface area (Å²) in [6.07, 6.45) is 12.8. The molecule has 0 heterocycles. The third-order valence-electron chi connectivity index (χ3n) is 2.22. The second-order valence-corrected chi connectivity index (χ2v) is 7.05. The van der Waals surface area contributed by atoms with Crippen LogP contribution in [0.1, 0.15) is 40.5 Å². The van der Waals surface area contributed by atoms with Crippen molar-refractivity contribution in [2.24, 2.45) is 0 Å². The van der Waals surface area contributed by atoms with Crippen LogP contribution in [-0.4, -0.2) is 15.4 Å². The van der Waals surface area contributed by atoms with Gasteiger partial charge in [-0.2, -0.15) is 11.1 Å². The van der Waals surface area contributed by atoms with Crippen molar-refractivity contribution in [3.8, 4) is 0 Å². The predicted octanol–water partition coefficient (Wildman–Crippen LogP) is 5.53. The summed E-state index contributed by atoms with van der Waals surface area (Å²) in [5.74, 6) is 4.56. The maximum Gasteiger partial charge on any atom is 2.00 e. The molecule has 0 unspecified atom stereocenters. The third kappa shape index (κ3) is 17.0. The maximum absolute atomic E-state index is 3.19. The van der Waals surface area contributed by atoms with Crippen LogP contribution in [0.2, 0.25) is 11.5 Å². The van der Waals surface area contributed by atoms with Crippen molar-refractivity contribution in [3.63, 3.8) is 0 Å². The molecule has 0 saturated carbocycles. The van der Waals surface area contributed by atoms with E-state index in [0.717, 1.165) is 12.8 Å². The number of hydrogen-bond donors (Lipinski definition) is 0. The molecule has 0 nitrogen and oxygen atoms in total. The summed E-state index contributed by atoms with van der Waals surface area (Å²) in [5, 5.41) is 0. The van der Waals surface area contributed by atoms with E-state index in [1.165, 1.54) is 22.3 Å². The van der Waals surface area contributed by atoms with Gasteiger partial charge in [-0.15, -0.1) is 37.7 Å². The summed E-state index contributed by atoms with van der Waals surface area (Å²) in [4.78, 5) is 0. The van der Waals surface area contributed by atoms with Gasteiger partial charge in [0.1, 0.15) is 0 Å². The van der Waals surface area contributed by atoms with Gasteiger partial charge < -0.3 is 0 Å². The number of rotatable bonds is 0. The van der Waals surface area contributed by atoms with Crippen LogP contribution < -0.4 is 0 Å². The molecule has 0 aromatic heterocycles. The van der Waals surface area contributed by atoms with Crippen LogP contribution in [0, 0.1) is 12.2 Å². The minimum atomic E-state index is 0. The SMILES string of the molecule is CC1=[C-]CC(C)=C1.CC1=[C-]CC(C)=C1.Cl.Cl.[CH3][GeH][CH3].[Zr+2]. The quantitative estimate of drug-likeness (QED) is 0.334. The van der Waals surface area contributed by atoms with Gasteiger partial charge in [0.25, 0.3) is 0 Å².